The van der Waals surface area contributed by atoms with Crippen molar-refractivity contribution in [3.05, 3.63) is 0 Å². The molecule has 3 heteroatoms. The van der Waals surface area contributed by atoms with Gasteiger partial charge in [-0.15, -0.1) is 0 Å². The lowest BCUT2D eigenvalue weighted by molar-refractivity contribution is 0.283. The van der Waals surface area contributed by atoms with Crippen molar-refractivity contribution in [3.63, 3.8) is 0 Å². The van der Waals surface area contributed by atoms with Gasteiger partial charge in [0.25, 0.3) is 0 Å². The van der Waals surface area contributed by atoms with E-state index >= 15 is 0 Å². The molecule has 14 heavy (non-hydrogen) atoms. The van der Waals surface area contributed by atoms with E-state index in [1.54, 1.807) is 0 Å². The molecule has 0 spiro atoms. The zero-order valence-electron chi connectivity index (χ0n) is 9.55. The summed E-state index contributed by atoms with van der Waals surface area (Å²) in [7, 11) is 2.19. The molecule has 2 N–H and O–H groups in total. The number of nitrogens with zero attached hydrogens (tertiary/aromatic N) is 1. The maximum atomic E-state index is 5.68. The fraction of sp³-hybridized carbons (Fsp3) is 0.909. The zero-order valence-corrected chi connectivity index (χ0v) is 10.4. The molecular weight excluding hydrogens is 192 g/mol. The Morgan fingerprint density at radius 2 is 2.07 bits per heavy atom. The summed E-state index contributed by atoms with van der Waals surface area (Å²) >= 11 is 5.04. The molecule has 1 fully saturated rings. The van der Waals surface area contributed by atoms with Crippen molar-refractivity contribution < 1.29 is 0 Å². The lowest BCUT2D eigenvalue weighted by Gasteiger charge is -2.26. The normalized spacial score (nSPS) is 17.4. The Balaban J connectivity index is 2.20. The molecule has 1 aliphatic rings. The second-order valence-electron chi connectivity index (χ2n) is 5.20. The third kappa shape index (κ3) is 3.93. The van der Waals surface area contributed by atoms with Crippen molar-refractivity contribution >= 4 is 17.2 Å². The van der Waals surface area contributed by atoms with E-state index in [2.05, 4.69) is 25.8 Å². The summed E-state index contributed by atoms with van der Waals surface area (Å²) in [6.07, 6.45) is 3.90. The van der Waals surface area contributed by atoms with E-state index in [9.17, 15) is 0 Å². The van der Waals surface area contributed by atoms with E-state index in [1.807, 2.05) is 0 Å². The van der Waals surface area contributed by atoms with E-state index in [0.29, 0.717) is 4.99 Å². The van der Waals surface area contributed by atoms with E-state index in [1.165, 1.54) is 19.4 Å². The number of nitrogens with two attached hydrogens (primary N) is 1. The Labute approximate surface area is 92.8 Å². The molecule has 0 atom stereocenters. The monoisotopic (exact) mass is 214 g/mol. The van der Waals surface area contributed by atoms with Crippen LogP contribution in [-0.4, -0.2) is 30.0 Å². The Morgan fingerprint density at radius 3 is 2.50 bits per heavy atom. The van der Waals surface area contributed by atoms with Crippen LogP contribution in [0.25, 0.3) is 0 Å². The van der Waals surface area contributed by atoms with Gasteiger partial charge in [0, 0.05) is 12.0 Å². The summed E-state index contributed by atoms with van der Waals surface area (Å²) in [5, 5.41) is 0. The molecule has 0 saturated heterocycles. The number of thiocarbonyl (C=S) groups is 1. The van der Waals surface area contributed by atoms with Crippen LogP contribution >= 0.6 is 12.2 Å². The molecule has 0 aromatic rings. The largest absolute Gasteiger partial charge is 0.393 e. The lowest BCUT2D eigenvalue weighted by Crippen LogP contribution is -2.34. The van der Waals surface area contributed by atoms with Crippen molar-refractivity contribution in [2.45, 2.75) is 33.1 Å². The standard InChI is InChI=1S/C11H22N2S/c1-11(2,10(12)14)6-7-13(3)8-9-4-5-9/h9H,4-8H2,1-3H3,(H2,12,14). The van der Waals surface area contributed by atoms with Gasteiger partial charge in [-0.1, -0.05) is 26.1 Å². The van der Waals surface area contributed by atoms with Gasteiger partial charge in [-0.05, 0) is 38.8 Å². The van der Waals surface area contributed by atoms with Crippen LogP contribution in [0, 0.1) is 11.3 Å². The fourth-order valence-corrected chi connectivity index (χ4v) is 1.53. The summed E-state index contributed by atoms with van der Waals surface area (Å²) in [4.78, 5) is 3.04. The van der Waals surface area contributed by atoms with Crippen LogP contribution < -0.4 is 5.73 Å². The minimum Gasteiger partial charge on any atom is -0.393 e. The van der Waals surface area contributed by atoms with E-state index in [4.69, 9.17) is 18.0 Å². The number of rotatable bonds is 6. The first-order chi connectivity index (χ1) is 6.42. The summed E-state index contributed by atoms with van der Waals surface area (Å²) < 4.78 is 0. The molecular formula is C11H22N2S. The molecule has 0 radical (unpaired) electrons. The lowest BCUT2D eigenvalue weighted by atomic mass is 9.89. The first-order valence-corrected chi connectivity index (χ1v) is 5.81. The molecule has 0 unspecified atom stereocenters. The molecule has 2 nitrogen and oxygen atoms in total. The Kier molecular flexibility index (Phi) is 3.90. The highest BCUT2D eigenvalue weighted by Gasteiger charge is 2.25. The van der Waals surface area contributed by atoms with Crippen LogP contribution in [-0.2, 0) is 0 Å². The van der Waals surface area contributed by atoms with Crippen molar-refractivity contribution in [2.24, 2.45) is 17.1 Å². The smallest absolute Gasteiger partial charge is 0.0784 e. The maximum absolute atomic E-state index is 5.68. The molecule has 1 aliphatic carbocycles. The molecule has 0 aliphatic heterocycles. The predicted octanol–water partition coefficient (Wildman–Crippen LogP) is 2.03. The maximum Gasteiger partial charge on any atom is 0.0784 e. The minimum atomic E-state index is 0.00709. The van der Waals surface area contributed by atoms with Gasteiger partial charge in [-0.2, -0.15) is 0 Å². The topological polar surface area (TPSA) is 29.3 Å². The van der Waals surface area contributed by atoms with Gasteiger partial charge in [0.1, 0.15) is 0 Å². The molecule has 82 valence electrons. The third-order valence-corrected chi connectivity index (χ3v) is 3.60. The van der Waals surface area contributed by atoms with E-state index in [-0.39, 0.29) is 5.41 Å². The van der Waals surface area contributed by atoms with Gasteiger partial charge in [0.15, 0.2) is 0 Å². The highest BCUT2D eigenvalue weighted by molar-refractivity contribution is 7.80. The van der Waals surface area contributed by atoms with E-state index in [0.717, 1.165) is 18.9 Å². The molecule has 0 amide bonds. The zero-order chi connectivity index (χ0) is 10.8. The molecule has 0 aromatic heterocycles. The van der Waals surface area contributed by atoms with Crippen LogP contribution in [0.15, 0.2) is 0 Å². The molecule has 0 heterocycles. The number of hydrogen-bond donors (Lipinski definition) is 1. The van der Waals surface area contributed by atoms with Crippen LogP contribution in [0.1, 0.15) is 33.1 Å². The average Bonchev–Trinajstić information content (AvgIpc) is 2.85. The number of hydrogen-bond acceptors (Lipinski definition) is 2. The fourth-order valence-electron chi connectivity index (χ4n) is 1.43. The minimum absolute atomic E-state index is 0.00709. The van der Waals surface area contributed by atoms with Gasteiger partial charge in [0.2, 0.25) is 0 Å². The summed E-state index contributed by atoms with van der Waals surface area (Å²) in [6, 6.07) is 0. The first-order valence-electron chi connectivity index (χ1n) is 5.40. The molecule has 1 rings (SSSR count). The predicted molar refractivity (Wildman–Crippen MR) is 65.4 cm³/mol. The summed E-state index contributed by atoms with van der Waals surface area (Å²) in [5.41, 5.74) is 5.69. The van der Waals surface area contributed by atoms with Gasteiger partial charge in [-0.3, -0.25) is 0 Å². The van der Waals surface area contributed by atoms with E-state index < -0.39 is 0 Å². The molecule has 0 bridgehead atoms. The van der Waals surface area contributed by atoms with Crippen LogP contribution in [0.3, 0.4) is 0 Å². The van der Waals surface area contributed by atoms with Crippen LogP contribution in [0.4, 0.5) is 0 Å². The second-order valence-corrected chi connectivity index (χ2v) is 5.64. The van der Waals surface area contributed by atoms with Gasteiger partial charge < -0.3 is 10.6 Å². The van der Waals surface area contributed by atoms with Gasteiger partial charge in [-0.25, -0.2) is 0 Å². The summed E-state index contributed by atoms with van der Waals surface area (Å²) in [5.74, 6) is 0.966. The van der Waals surface area contributed by atoms with Crippen LogP contribution in [0.5, 0.6) is 0 Å². The van der Waals surface area contributed by atoms with Crippen molar-refractivity contribution in [1.82, 2.24) is 4.90 Å². The van der Waals surface area contributed by atoms with Crippen molar-refractivity contribution in [2.75, 3.05) is 20.1 Å². The first kappa shape index (κ1) is 11.9. The van der Waals surface area contributed by atoms with Crippen molar-refractivity contribution in [1.29, 1.82) is 0 Å². The molecule has 0 aromatic carbocycles. The Hall–Kier alpha value is -0.150. The third-order valence-electron chi connectivity index (χ3n) is 3.05. The SMILES string of the molecule is CN(CCC(C)(C)C(N)=S)CC1CC1. The highest BCUT2D eigenvalue weighted by Crippen LogP contribution is 2.30. The van der Waals surface area contributed by atoms with Crippen molar-refractivity contribution in [3.8, 4) is 0 Å². The highest BCUT2D eigenvalue weighted by atomic mass is 32.1. The molecule has 1 saturated carbocycles. The average molecular weight is 214 g/mol. The van der Waals surface area contributed by atoms with Gasteiger partial charge >= 0.3 is 0 Å². The quantitative estimate of drug-likeness (QED) is 0.686. The Bertz CT molecular complexity index is 209. The van der Waals surface area contributed by atoms with Crippen LogP contribution in [0.2, 0.25) is 0 Å². The second kappa shape index (κ2) is 4.58. The van der Waals surface area contributed by atoms with Gasteiger partial charge in [0.05, 0.1) is 4.99 Å². The Morgan fingerprint density at radius 1 is 1.50 bits per heavy atom. The summed E-state index contributed by atoms with van der Waals surface area (Å²) in [6.45, 7) is 6.59.